The van der Waals surface area contributed by atoms with E-state index in [2.05, 4.69) is 92.7 Å². The molecule has 0 radical (unpaired) electrons. The van der Waals surface area contributed by atoms with E-state index in [0.29, 0.717) is 5.92 Å². The number of rotatable bonds is 4. The van der Waals surface area contributed by atoms with Crippen LogP contribution in [0, 0.1) is 5.41 Å². The smallest absolute Gasteiger partial charge is 0.192 e. The van der Waals surface area contributed by atoms with Crippen molar-refractivity contribution < 1.29 is 18.6 Å². The quantitative estimate of drug-likeness (QED) is 0.319. The Kier molecular flexibility index (Phi) is 8.31. The number of hydrogen-bond acceptors (Lipinski definition) is 5. The summed E-state index contributed by atoms with van der Waals surface area (Å²) in [5.74, 6) is 0.377. The van der Waals surface area contributed by atoms with Gasteiger partial charge in [-0.25, -0.2) is 0 Å². The topological polar surface area (TPSA) is 49.8 Å². The van der Waals surface area contributed by atoms with Crippen molar-refractivity contribution in [2.45, 2.75) is 141 Å². The molecule has 1 aromatic heterocycles. The molecule has 0 saturated carbocycles. The molecule has 1 aromatic carbocycles. The van der Waals surface area contributed by atoms with E-state index >= 15 is 0 Å². The zero-order chi connectivity index (χ0) is 31.7. The van der Waals surface area contributed by atoms with Crippen LogP contribution < -0.4 is 0 Å². The number of benzene rings is 1. The molecule has 5 nitrogen and oxygen atoms in total. The molecule has 2 atom stereocenters. The average Bonchev–Trinajstić information content (AvgIpc) is 3.25. The van der Waals surface area contributed by atoms with Crippen LogP contribution in [-0.4, -0.2) is 39.7 Å². The summed E-state index contributed by atoms with van der Waals surface area (Å²) in [4.78, 5) is 5.73. The number of pyridine rings is 1. The van der Waals surface area contributed by atoms with Crippen molar-refractivity contribution in [1.82, 2.24) is 4.98 Å². The molecule has 4 heterocycles. The molecule has 3 aliphatic heterocycles. The highest BCUT2D eigenvalue weighted by Crippen LogP contribution is 2.59. The van der Waals surface area contributed by atoms with Crippen LogP contribution >= 0.6 is 0 Å². The second-order valence-corrected chi connectivity index (χ2v) is 22.2. The maximum Gasteiger partial charge on any atom is 0.192 e. The molecule has 2 fully saturated rings. The highest BCUT2D eigenvalue weighted by Gasteiger charge is 2.54. The fourth-order valence-corrected chi connectivity index (χ4v) is 9.04. The van der Waals surface area contributed by atoms with Crippen LogP contribution in [0.3, 0.4) is 0 Å². The monoisotopic (exact) mass is 619 g/mol. The van der Waals surface area contributed by atoms with Crippen LogP contribution in [0.4, 0.5) is 0 Å². The summed E-state index contributed by atoms with van der Waals surface area (Å²) in [6, 6.07) is 9.24. The maximum atomic E-state index is 7.47. The molecule has 2 saturated heterocycles. The number of fused-ring (bicyclic) bond motifs is 4. The van der Waals surface area contributed by atoms with E-state index in [0.717, 1.165) is 65.0 Å². The molecule has 6 heteroatoms. The summed E-state index contributed by atoms with van der Waals surface area (Å²) in [6.07, 6.45) is 5.62. The first kappa shape index (κ1) is 32.4. The van der Waals surface area contributed by atoms with E-state index in [1.54, 1.807) is 0 Å². The van der Waals surface area contributed by atoms with Gasteiger partial charge >= 0.3 is 0 Å². The molecule has 1 unspecified atom stereocenters. The maximum absolute atomic E-state index is 7.47. The highest BCUT2D eigenvalue weighted by molar-refractivity contribution is 6.74. The van der Waals surface area contributed by atoms with Crippen LogP contribution in [0.2, 0.25) is 18.1 Å². The number of nitrogens with zero attached hydrogens (tertiary/aromatic N) is 1. The van der Waals surface area contributed by atoms with E-state index in [9.17, 15) is 0 Å². The van der Waals surface area contributed by atoms with Crippen LogP contribution in [0.15, 0.2) is 24.3 Å². The minimum atomic E-state index is -2.08. The van der Waals surface area contributed by atoms with Crippen molar-refractivity contribution in [3.8, 4) is 0 Å². The zero-order valence-corrected chi connectivity index (χ0v) is 30.2. The van der Waals surface area contributed by atoms with Gasteiger partial charge in [-0.1, -0.05) is 79.7 Å². The highest BCUT2D eigenvalue weighted by atomic mass is 28.4. The van der Waals surface area contributed by atoms with Gasteiger partial charge in [-0.2, -0.15) is 0 Å². The summed E-state index contributed by atoms with van der Waals surface area (Å²) in [6.45, 7) is 26.5. The lowest BCUT2D eigenvalue weighted by atomic mass is 9.69. The lowest BCUT2D eigenvalue weighted by molar-refractivity contribution is -0.122. The number of aromatic nitrogens is 1. The summed E-state index contributed by atoms with van der Waals surface area (Å²) >= 11 is 0. The Hall–Kier alpha value is -1.57. The van der Waals surface area contributed by atoms with Gasteiger partial charge in [0.1, 0.15) is 6.10 Å². The Morgan fingerprint density at radius 2 is 1.48 bits per heavy atom. The Morgan fingerprint density at radius 3 is 2.07 bits per heavy atom. The van der Waals surface area contributed by atoms with E-state index in [1.165, 1.54) is 39.2 Å². The summed E-state index contributed by atoms with van der Waals surface area (Å²) in [5, 5.41) is 0.123. The van der Waals surface area contributed by atoms with Gasteiger partial charge in [0.15, 0.2) is 8.32 Å². The van der Waals surface area contributed by atoms with E-state index in [-0.39, 0.29) is 33.7 Å². The second kappa shape index (κ2) is 11.3. The lowest BCUT2D eigenvalue weighted by Gasteiger charge is -2.46. The van der Waals surface area contributed by atoms with Crippen LogP contribution in [0.1, 0.15) is 145 Å². The molecular weight excluding hydrogens is 563 g/mol. The molecule has 4 aliphatic rings. The molecule has 0 N–H and O–H groups in total. The summed E-state index contributed by atoms with van der Waals surface area (Å²) in [7, 11) is -2.08. The van der Waals surface area contributed by atoms with Gasteiger partial charge in [0.05, 0.1) is 17.4 Å². The number of hydrogen-bond donors (Lipinski definition) is 0. The van der Waals surface area contributed by atoms with Crippen molar-refractivity contribution in [1.29, 1.82) is 0 Å². The molecule has 44 heavy (non-hydrogen) atoms. The molecule has 1 aliphatic carbocycles. The van der Waals surface area contributed by atoms with Gasteiger partial charge in [-0.3, -0.25) is 4.98 Å². The van der Waals surface area contributed by atoms with Crippen LogP contribution in [-0.2, 0) is 36.1 Å². The summed E-state index contributed by atoms with van der Waals surface area (Å²) < 4.78 is 26.8. The van der Waals surface area contributed by atoms with Crippen LogP contribution in [0.25, 0.3) is 0 Å². The molecule has 6 rings (SSSR count). The SMILES string of the molecule is CC1(C)Cc2nc(C3CCOCC3)c3c(c2C(O[Si](C)(C)C(C)(C)C)C1)C1(CCOCC1)O[C@@H]3c1ccc(C(C)(C)C)cc1. The largest absolute Gasteiger partial charge is 0.410 e. The normalized spacial score (nSPS) is 25.6. The minimum Gasteiger partial charge on any atom is -0.410 e. The molecule has 0 amide bonds. The Morgan fingerprint density at radius 1 is 0.864 bits per heavy atom. The van der Waals surface area contributed by atoms with Gasteiger partial charge in [0, 0.05) is 62.0 Å². The molecule has 1 spiro atoms. The Balaban J connectivity index is 1.60. The first-order valence-electron chi connectivity index (χ1n) is 17.2. The van der Waals surface area contributed by atoms with E-state index in [1.807, 2.05) is 0 Å². The predicted molar refractivity (Wildman–Crippen MR) is 180 cm³/mol. The lowest BCUT2D eigenvalue weighted by Crippen LogP contribution is -2.45. The third kappa shape index (κ3) is 5.87. The Bertz CT molecular complexity index is 1360. The summed E-state index contributed by atoms with van der Waals surface area (Å²) in [5.41, 5.74) is 9.03. The standard InChI is InChI=1S/C38H57NO4Si/c1-35(2,3)27-13-11-26(12-14-27)34-31-32(38(42-34)17-21-41-22-18-38)30-28(39-33(31)25-15-19-40-20-16-25)23-37(7,8)24-29(30)43-44(9,10)36(4,5)6/h11-14,25,29,34H,15-24H2,1-10H3/t29?,34-/m1/s1. The molecule has 242 valence electrons. The van der Waals surface area contributed by atoms with Gasteiger partial charge in [-0.05, 0) is 71.3 Å². The van der Waals surface area contributed by atoms with Gasteiger partial charge in [0.2, 0.25) is 0 Å². The second-order valence-electron chi connectivity index (χ2n) is 17.4. The third-order valence-corrected chi connectivity index (χ3v) is 15.9. The molecular formula is C38H57NO4Si. The van der Waals surface area contributed by atoms with Crippen molar-refractivity contribution in [2.75, 3.05) is 26.4 Å². The van der Waals surface area contributed by atoms with Crippen molar-refractivity contribution >= 4 is 8.32 Å². The average molecular weight is 620 g/mol. The fourth-order valence-electron chi connectivity index (χ4n) is 7.77. The van der Waals surface area contributed by atoms with Gasteiger partial charge in [-0.15, -0.1) is 0 Å². The number of ether oxygens (including phenoxy) is 3. The van der Waals surface area contributed by atoms with E-state index < -0.39 is 8.32 Å². The van der Waals surface area contributed by atoms with Crippen molar-refractivity contribution in [3.63, 3.8) is 0 Å². The van der Waals surface area contributed by atoms with Crippen LogP contribution in [0.5, 0.6) is 0 Å². The Labute approximate surface area is 267 Å². The molecule has 2 aromatic rings. The minimum absolute atomic E-state index is 0.0185. The first-order valence-corrected chi connectivity index (χ1v) is 20.1. The first-order chi connectivity index (χ1) is 20.5. The van der Waals surface area contributed by atoms with E-state index in [4.69, 9.17) is 23.6 Å². The third-order valence-electron chi connectivity index (χ3n) is 11.4. The van der Waals surface area contributed by atoms with Gasteiger partial charge < -0.3 is 18.6 Å². The molecule has 0 bridgehead atoms. The fraction of sp³-hybridized carbons (Fsp3) is 0.711. The van der Waals surface area contributed by atoms with Crippen molar-refractivity contribution in [2.24, 2.45) is 5.41 Å². The zero-order valence-electron chi connectivity index (χ0n) is 29.2. The predicted octanol–water partition coefficient (Wildman–Crippen LogP) is 9.43. The van der Waals surface area contributed by atoms with Crippen molar-refractivity contribution in [3.05, 3.63) is 63.5 Å². The van der Waals surface area contributed by atoms with Gasteiger partial charge in [0.25, 0.3) is 0 Å².